The molecule has 0 aliphatic heterocycles. The number of nitrogens with one attached hydrogen (secondary N) is 2. The Morgan fingerprint density at radius 2 is 1.77 bits per heavy atom. The standard InChI is InChI=1S/C18H25N5O2S/c1-14-5-7-16(8-6-14)9-12-26(24,25)20-11-10-19-18-21-15(2)13-17(22-18)23(3)4/h5-9,12-13,20H,10-11H2,1-4H3,(H,19,21,22)/b12-9+. The van der Waals surface area contributed by atoms with Crippen molar-refractivity contribution in [1.82, 2.24) is 14.7 Å². The Hall–Kier alpha value is -2.45. The highest BCUT2D eigenvalue weighted by Crippen LogP contribution is 2.11. The highest BCUT2D eigenvalue weighted by Gasteiger charge is 2.06. The number of aromatic nitrogens is 2. The van der Waals surface area contributed by atoms with Gasteiger partial charge in [-0.3, -0.25) is 0 Å². The molecule has 26 heavy (non-hydrogen) atoms. The maximum absolute atomic E-state index is 12.0. The first kappa shape index (κ1) is 19.9. The third kappa shape index (κ3) is 6.45. The molecule has 8 heteroatoms. The van der Waals surface area contributed by atoms with Crippen LogP contribution in [0, 0.1) is 13.8 Å². The zero-order valence-corrected chi connectivity index (χ0v) is 16.3. The summed E-state index contributed by atoms with van der Waals surface area (Å²) in [5.74, 6) is 1.27. The van der Waals surface area contributed by atoms with Gasteiger partial charge in [0.1, 0.15) is 5.82 Å². The van der Waals surface area contributed by atoms with E-state index in [1.807, 2.05) is 63.2 Å². The first-order valence-corrected chi connectivity index (χ1v) is 9.81. The van der Waals surface area contributed by atoms with E-state index in [1.54, 1.807) is 6.08 Å². The van der Waals surface area contributed by atoms with Crippen molar-refractivity contribution in [3.63, 3.8) is 0 Å². The molecule has 0 radical (unpaired) electrons. The van der Waals surface area contributed by atoms with Crippen molar-refractivity contribution >= 4 is 27.9 Å². The molecule has 0 saturated carbocycles. The molecule has 1 heterocycles. The largest absolute Gasteiger partial charge is 0.363 e. The van der Waals surface area contributed by atoms with Crippen LogP contribution in [0.5, 0.6) is 0 Å². The van der Waals surface area contributed by atoms with Crippen LogP contribution in [0.1, 0.15) is 16.8 Å². The third-order valence-electron chi connectivity index (χ3n) is 3.53. The maximum atomic E-state index is 12.0. The van der Waals surface area contributed by atoms with Crippen LogP contribution in [0.2, 0.25) is 0 Å². The van der Waals surface area contributed by atoms with Crippen molar-refractivity contribution in [2.75, 3.05) is 37.4 Å². The van der Waals surface area contributed by atoms with Gasteiger partial charge in [-0.1, -0.05) is 29.8 Å². The Balaban J connectivity index is 1.86. The second-order valence-electron chi connectivity index (χ2n) is 6.17. The van der Waals surface area contributed by atoms with Crippen molar-refractivity contribution in [2.45, 2.75) is 13.8 Å². The van der Waals surface area contributed by atoms with Gasteiger partial charge in [-0.2, -0.15) is 4.98 Å². The molecule has 2 rings (SSSR count). The van der Waals surface area contributed by atoms with Gasteiger partial charge >= 0.3 is 0 Å². The second kappa shape index (κ2) is 8.77. The van der Waals surface area contributed by atoms with Crippen molar-refractivity contribution in [3.05, 3.63) is 52.6 Å². The molecular formula is C18H25N5O2S. The molecule has 2 aromatic rings. The average Bonchev–Trinajstić information content (AvgIpc) is 2.58. The van der Waals surface area contributed by atoms with E-state index in [1.165, 1.54) is 5.41 Å². The summed E-state index contributed by atoms with van der Waals surface area (Å²) in [6.07, 6.45) is 1.57. The summed E-state index contributed by atoms with van der Waals surface area (Å²) in [5.41, 5.74) is 2.81. The van der Waals surface area contributed by atoms with Crippen LogP contribution in [0.15, 0.2) is 35.7 Å². The van der Waals surface area contributed by atoms with Gasteiger partial charge in [0.25, 0.3) is 0 Å². The number of benzene rings is 1. The topological polar surface area (TPSA) is 87.2 Å². The average molecular weight is 375 g/mol. The molecule has 2 N–H and O–H groups in total. The van der Waals surface area contributed by atoms with E-state index in [0.717, 1.165) is 22.6 Å². The fourth-order valence-corrected chi connectivity index (χ4v) is 2.94. The summed E-state index contributed by atoms with van der Waals surface area (Å²) in [7, 11) is 0.312. The normalized spacial score (nSPS) is 11.7. The van der Waals surface area contributed by atoms with Crippen LogP contribution in [-0.2, 0) is 10.0 Å². The molecule has 7 nitrogen and oxygen atoms in total. The molecule has 0 fully saturated rings. The smallest absolute Gasteiger partial charge is 0.233 e. The van der Waals surface area contributed by atoms with Gasteiger partial charge in [0.2, 0.25) is 16.0 Å². The highest BCUT2D eigenvalue weighted by molar-refractivity contribution is 7.92. The molecule has 0 bridgehead atoms. The summed E-state index contributed by atoms with van der Waals surface area (Å²) < 4.78 is 26.6. The summed E-state index contributed by atoms with van der Waals surface area (Å²) in [5, 5.41) is 4.21. The molecule has 0 aliphatic carbocycles. The van der Waals surface area contributed by atoms with Gasteiger partial charge in [0, 0.05) is 44.4 Å². The van der Waals surface area contributed by atoms with Crippen LogP contribution in [0.3, 0.4) is 0 Å². The van der Waals surface area contributed by atoms with Crippen LogP contribution in [-0.4, -0.2) is 45.6 Å². The van der Waals surface area contributed by atoms with Crippen molar-refractivity contribution in [3.8, 4) is 0 Å². The monoisotopic (exact) mass is 375 g/mol. The minimum absolute atomic E-state index is 0.231. The van der Waals surface area contributed by atoms with Gasteiger partial charge in [-0.25, -0.2) is 18.1 Å². The molecular weight excluding hydrogens is 350 g/mol. The molecule has 0 atom stereocenters. The SMILES string of the molecule is Cc1ccc(/C=C/S(=O)(=O)NCCNc2nc(C)cc(N(C)C)n2)cc1. The molecule has 1 aromatic carbocycles. The predicted molar refractivity (Wildman–Crippen MR) is 107 cm³/mol. The number of sulfonamides is 1. The Morgan fingerprint density at radius 1 is 1.08 bits per heavy atom. The van der Waals surface area contributed by atoms with Crippen molar-refractivity contribution in [1.29, 1.82) is 0 Å². The number of hydrogen-bond acceptors (Lipinski definition) is 6. The molecule has 1 aromatic heterocycles. The number of hydrogen-bond donors (Lipinski definition) is 2. The summed E-state index contributed by atoms with van der Waals surface area (Å²) in [6, 6.07) is 9.51. The first-order valence-electron chi connectivity index (χ1n) is 8.26. The van der Waals surface area contributed by atoms with Gasteiger partial charge < -0.3 is 10.2 Å². The van der Waals surface area contributed by atoms with Crippen molar-refractivity contribution < 1.29 is 8.42 Å². The Kier molecular flexibility index (Phi) is 6.70. The van der Waals surface area contributed by atoms with Crippen LogP contribution in [0.4, 0.5) is 11.8 Å². The molecule has 0 amide bonds. The third-order valence-corrected chi connectivity index (χ3v) is 4.63. The first-order chi connectivity index (χ1) is 12.2. The van der Waals surface area contributed by atoms with E-state index < -0.39 is 10.0 Å². The minimum atomic E-state index is -3.49. The number of rotatable bonds is 8. The van der Waals surface area contributed by atoms with E-state index in [9.17, 15) is 8.42 Å². The molecule has 0 unspecified atom stereocenters. The summed E-state index contributed by atoms with van der Waals surface area (Å²) in [4.78, 5) is 10.5. The molecule has 0 aliphatic rings. The van der Waals surface area contributed by atoms with Crippen LogP contribution in [0.25, 0.3) is 6.08 Å². The molecule has 140 valence electrons. The predicted octanol–water partition coefficient (Wildman–Crippen LogP) is 2.16. The Morgan fingerprint density at radius 3 is 2.42 bits per heavy atom. The number of nitrogens with zero attached hydrogens (tertiary/aromatic N) is 3. The lowest BCUT2D eigenvalue weighted by Crippen LogP contribution is -2.27. The number of aryl methyl sites for hydroxylation is 2. The maximum Gasteiger partial charge on any atom is 0.233 e. The van der Waals surface area contributed by atoms with Crippen LogP contribution >= 0.6 is 0 Å². The van der Waals surface area contributed by atoms with Gasteiger partial charge in [0.15, 0.2) is 0 Å². The van der Waals surface area contributed by atoms with Crippen LogP contribution < -0.4 is 14.9 Å². The minimum Gasteiger partial charge on any atom is -0.363 e. The fourth-order valence-electron chi connectivity index (χ4n) is 2.12. The summed E-state index contributed by atoms with van der Waals surface area (Å²) >= 11 is 0. The van der Waals surface area contributed by atoms with E-state index in [0.29, 0.717) is 12.5 Å². The number of anilines is 2. The quantitative estimate of drug-likeness (QED) is 0.688. The van der Waals surface area contributed by atoms with Gasteiger partial charge in [0.05, 0.1) is 0 Å². The van der Waals surface area contributed by atoms with E-state index in [-0.39, 0.29) is 6.54 Å². The van der Waals surface area contributed by atoms with Crippen molar-refractivity contribution in [2.24, 2.45) is 0 Å². The second-order valence-corrected chi connectivity index (χ2v) is 7.82. The highest BCUT2D eigenvalue weighted by atomic mass is 32.2. The van der Waals surface area contributed by atoms with E-state index in [4.69, 9.17) is 0 Å². The fraction of sp³-hybridized carbons (Fsp3) is 0.333. The lowest BCUT2D eigenvalue weighted by molar-refractivity contribution is 0.592. The molecule has 0 saturated heterocycles. The lowest BCUT2D eigenvalue weighted by atomic mass is 10.2. The van der Waals surface area contributed by atoms with Gasteiger partial charge in [-0.05, 0) is 25.5 Å². The Bertz CT molecular complexity index is 862. The summed E-state index contributed by atoms with van der Waals surface area (Å²) in [6.45, 7) is 4.49. The lowest BCUT2D eigenvalue weighted by Gasteiger charge is -2.13. The molecule has 0 spiro atoms. The zero-order chi connectivity index (χ0) is 19.2. The van der Waals surface area contributed by atoms with Gasteiger partial charge in [-0.15, -0.1) is 0 Å². The Labute approximate surface area is 155 Å². The van der Waals surface area contributed by atoms with E-state index in [2.05, 4.69) is 20.0 Å². The van der Waals surface area contributed by atoms with E-state index >= 15 is 0 Å². The zero-order valence-electron chi connectivity index (χ0n) is 15.5.